The lowest BCUT2D eigenvalue weighted by Crippen LogP contribution is -2.20. The van der Waals surface area contributed by atoms with E-state index in [4.69, 9.17) is 11.6 Å². The second-order valence-corrected chi connectivity index (χ2v) is 4.66. The Morgan fingerprint density at radius 1 is 1.50 bits per heavy atom. The standard InChI is InChI=1S/C12H22ClN3/c1-11(10-13)4-3-6-14-7-5-12-15-8-9-16(12)2/h8-9,11,14H,3-7,10H2,1-2H3. The van der Waals surface area contributed by atoms with Gasteiger partial charge in [-0.15, -0.1) is 11.6 Å². The quantitative estimate of drug-likeness (QED) is 0.561. The van der Waals surface area contributed by atoms with Crippen LogP contribution in [0.15, 0.2) is 12.4 Å². The zero-order valence-corrected chi connectivity index (χ0v) is 11.0. The molecular weight excluding hydrogens is 222 g/mol. The van der Waals surface area contributed by atoms with Crippen LogP contribution < -0.4 is 5.32 Å². The molecule has 0 spiro atoms. The average molecular weight is 244 g/mol. The van der Waals surface area contributed by atoms with Gasteiger partial charge in [0.05, 0.1) is 0 Å². The van der Waals surface area contributed by atoms with E-state index >= 15 is 0 Å². The number of rotatable bonds is 8. The molecule has 0 fully saturated rings. The van der Waals surface area contributed by atoms with Crippen molar-refractivity contribution in [3.05, 3.63) is 18.2 Å². The molecule has 4 heteroatoms. The molecule has 1 heterocycles. The molecule has 1 rings (SSSR count). The number of alkyl halides is 1. The van der Waals surface area contributed by atoms with Crippen LogP contribution in [0, 0.1) is 5.92 Å². The van der Waals surface area contributed by atoms with Gasteiger partial charge in [-0.05, 0) is 25.3 Å². The number of nitrogens with one attached hydrogen (secondary N) is 1. The Labute approximate surface area is 103 Å². The number of halogens is 1. The Kier molecular flexibility index (Phi) is 6.50. The molecule has 0 saturated heterocycles. The van der Waals surface area contributed by atoms with Gasteiger partial charge in [0, 0.05) is 38.3 Å². The molecule has 0 aliphatic heterocycles. The van der Waals surface area contributed by atoms with Crippen molar-refractivity contribution >= 4 is 11.6 Å². The number of nitrogens with zero attached hydrogens (tertiary/aromatic N) is 2. The van der Waals surface area contributed by atoms with Gasteiger partial charge < -0.3 is 9.88 Å². The summed E-state index contributed by atoms with van der Waals surface area (Å²) >= 11 is 5.75. The van der Waals surface area contributed by atoms with Crippen LogP contribution in [0.2, 0.25) is 0 Å². The summed E-state index contributed by atoms with van der Waals surface area (Å²) in [4.78, 5) is 4.28. The van der Waals surface area contributed by atoms with Crippen LogP contribution in [-0.4, -0.2) is 28.5 Å². The molecule has 0 aliphatic carbocycles. The van der Waals surface area contributed by atoms with Crippen LogP contribution >= 0.6 is 11.6 Å². The largest absolute Gasteiger partial charge is 0.338 e. The molecule has 3 nitrogen and oxygen atoms in total. The Balaban J connectivity index is 1.98. The van der Waals surface area contributed by atoms with Gasteiger partial charge in [0.15, 0.2) is 0 Å². The zero-order chi connectivity index (χ0) is 11.8. The second-order valence-electron chi connectivity index (χ2n) is 4.36. The van der Waals surface area contributed by atoms with Crippen molar-refractivity contribution in [1.82, 2.24) is 14.9 Å². The second kappa shape index (κ2) is 7.69. The summed E-state index contributed by atoms with van der Waals surface area (Å²) in [5.74, 6) is 2.55. The summed E-state index contributed by atoms with van der Waals surface area (Å²) in [5, 5.41) is 3.43. The zero-order valence-electron chi connectivity index (χ0n) is 10.2. The lowest BCUT2D eigenvalue weighted by Gasteiger charge is -2.08. The lowest BCUT2D eigenvalue weighted by atomic mass is 10.1. The summed E-state index contributed by atoms with van der Waals surface area (Å²) in [6.45, 7) is 4.27. The predicted octanol–water partition coefficient (Wildman–Crippen LogP) is 2.21. The van der Waals surface area contributed by atoms with Crippen molar-refractivity contribution in [2.24, 2.45) is 13.0 Å². The smallest absolute Gasteiger partial charge is 0.109 e. The molecule has 0 radical (unpaired) electrons. The van der Waals surface area contributed by atoms with Crippen molar-refractivity contribution < 1.29 is 0 Å². The van der Waals surface area contributed by atoms with Gasteiger partial charge in [-0.2, -0.15) is 0 Å². The number of aryl methyl sites for hydroxylation is 1. The van der Waals surface area contributed by atoms with E-state index in [9.17, 15) is 0 Å². The minimum Gasteiger partial charge on any atom is -0.338 e. The van der Waals surface area contributed by atoms with Gasteiger partial charge >= 0.3 is 0 Å². The number of hydrogen-bond donors (Lipinski definition) is 1. The van der Waals surface area contributed by atoms with Crippen LogP contribution in [0.1, 0.15) is 25.6 Å². The van der Waals surface area contributed by atoms with Crippen molar-refractivity contribution in [3.63, 3.8) is 0 Å². The molecule has 1 atom stereocenters. The van der Waals surface area contributed by atoms with E-state index in [1.165, 1.54) is 12.8 Å². The van der Waals surface area contributed by atoms with Gasteiger partial charge in [-0.3, -0.25) is 0 Å². The van der Waals surface area contributed by atoms with Crippen molar-refractivity contribution in [2.45, 2.75) is 26.2 Å². The maximum atomic E-state index is 5.75. The first-order valence-corrected chi connectivity index (χ1v) is 6.50. The Bertz CT molecular complexity index is 286. The third-order valence-electron chi connectivity index (χ3n) is 2.76. The van der Waals surface area contributed by atoms with E-state index in [2.05, 4.69) is 21.8 Å². The van der Waals surface area contributed by atoms with Crippen molar-refractivity contribution in [3.8, 4) is 0 Å². The van der Waals surface area contributed by atoms with E-state index in [-0.39, 0.29) is 0 Å². The molecule has 0 aromatic carbocycles. The molecule has 0 bridgehead atoms. The SMILES string of the molecule is CC(CCl)CCCNCCc1nccn1C. The number of aromatic nitrogens is 2. The Morgan fingerprint density at radius 3 is 2.94 bits per heavy atom. The average Bonchev–Trinajstić information content (AvgIpc) is 2.69. The van der Waals surface area contributed by atoms with Crippen LogP contribution in [0.3, 0.4) is 0 Å². The monoisotopic (exact) mass is 243 g/mol. The predicted molar refractivity (Wildman–Crippen MR) is 68.9 cm³/mol. The topological polar surface area (TPSA) is 29.9 Å². The fraction of sp³-hybridized carbons (Fsp3) is 0.750. The molecule has 1 N–H and O–H groups in total. The van der Waals surface area contributed by atoms with Gasteiger partial charge in [0.25, 0.3) is 0 Å². The first kappa shape index (κ1) is 13.5. The van der Waals surface area contributed by atoms with E-state index in [0.717, 1.165) is 31.2 Å². The molecule has 1 aromatic rings. The molecule has 1 aromatic heterocycles. The summed E-state index contributed by atoms with van der Waals surface area (Å²) in [6.07, 6.45) is 7.23. The fourth-order valence-corrected chi connectivity index (χ4v) is 1.77. The third kappa shape index (κ3) is 4.99. The van der Waals surface area contributed by atoms with Crippen LogP contribution in [0.25, 0.3) is 0 Å². The van der Waals surface area contributed by atoms with Crippen LogP contribution in [0.4, 0.5) is 0 Å². The Hall–Kier alpha value is -0.540. The summed E-state index contributed by atoms with van der Waals surface area (Å²) in [5.41, 5.74) is 0. The van der Waals surface area contributed by atoms with Crippen LogP contribution in [0.5, 0.6) is 0 Å². The first-order chi connectivity index (χ1) is 7.74. The minimum atomic E-state index is 0.637. The highest BCUT2D eigenvalue weighted by atomic mass is 35.5. The van der Waals surface area contributed by atoms with E-state index in [0.29, 0.717) is 5.92 Å². The third-order valence-corrected chi connectivity index (χ3v) is 3.29. The van der Waals surface area contributed by atoms with Gasteiger partial charge in [-0.1, -0.05) is 6.92 Å². The maximum absolute atomic E-state index is 5.75. The van der Waals surface area contributed by atoms with Gasteiger partial charge in [-0.25, -0.2) is 4.98 Å². The minimum absolute atomic E-state index is 0.637. The molecule has 0 saturated carbocycles. The first-order valence-electron chi connectivity index (χ1n) is 5.97. The number of hydrogen-bond acceptors (Lipinski definition) is 2. The highest BCUT2D eigenvalue weighted by Crippen LogP contribution is 2.05. The molecule has 0 aliphatic rings. The molecular formula is C12H22ClN3. The highest BCUT2D eigenvalue weighted by Gasteiger charge is 2.00. The molecule has 1 unspecified atom stereocenters. The van der Waals surface area contributed by atoms with Crippen LogP contribution in [-0.2, 0) is 13.5 Å². The van der Waals surface area contributed by atoms with Gasteiger partial charge in [0.1, 0.15) is 5.82 Å². The van der Waals surface area contributed by atoms with Gasteiger partial charge in [0.2, 0.25) is 0 Å². The molecule has 0 amide bonds. The summed E-state index contributed by atoms with van der Waals surface area (Å²) in [7, 11) is 2.03. The normalized spacial score (nSPS) is 12.9. The fourth-order valence-electron chi connectivity index (χ4n) is 1.62. The molecule has 92 valence electrons. The molecule has 16 heavy (non-hydrogen) atoms. The highest BCUT2D eigenvalue weighted by molar-refractivity contribution is 6.18. The van der Waals surface area contributed by atoms with E-state index in [1.807, 2.05) is 19.4 Å². The maximum Gasteiger partial charge on any atom is 0.109 e. The summed E-state index contributed by atoms with van der Waals surface area (Å²) in [6, 6.07) is 0. The lowest BCUT2D eigenvalue weighted by molar-refractivity contribution is 0.530. The van der Waals surface area contributed by atoms with E-state index < -0.39 is 0 Å². The summed E-state index contributed by atoms with van der Waals surface area (Å²) < 4.78 is 2.07. The van der Waals surface area contributed by atoms with E-state index in [1.54, 1.807) is 0 Å². The van der Waals surface area contributed by atoms with Crippen molar-refractivity contribution in [2.75, 3.05) is 19.0 Å². The van der Waals surface area contributed by atoms with Crippen molar-refractivity contribution in [1.29, 1.82) is 0 Å². The number of imidazole rings is 1. The Morgan fingerprint density at radius 2 is 2.31 bits per heavy atom.